The predicted molar refractivity (Wildman–Crippen MR) is 102 cm³/mol. The number of nitrogens with two attached hydrogens (primary N) is 1. The van der Waals surface area contributed by atoms with Crippen molar-refractivity contribution in [3.63, 3.8) is 0 Å². The molecule has 0 aromatic carbocycles. The molecule has 3 aromatic heterocycles. The van der Waals surface area contributed by atoms with E-state index in [1.165, 1.54) is 19.3 Å². The van der Waals surface area contributed by atoms with Gasteiger partial charge in [0.25, 0.3) is 21.8 Å². The van der Waals surface area contributed by atoms with Gasteiger partial charge >= 0.3 is 0 Å². The number of rotatable bonds is 7. The summed E-state index contributed by atoms with van der Waals surface area (Å²) in [6, 6.07) is 5.99. The molecule has 10 nitrogen and oxygen atoms in total. The summed E-state index contributed by atoms with van der Waals surface area (Å²) >= 11 is 0.747. The lowest BCUT2D eigenvalue weighted by molar-refractivity contribution is 0.100. The zero-order chi connectivity index (χ0) is 20.3. The molecule has 3 rings (SSSR count). The Balaban J connectivity index is 1.89. The summed E-state index contributed by atoms with van der Waals surface area (Å²) in [7, 11) is -2.49. The van der Waals surface area contributed by atoms with Crippen molar-refractivity contribution in [2.24, 2.45) is 5.73 Å². The molecule has 0 saturated carbocycles. The number of primary amides is 1. The molecule has 12 heteroatoms. The Morgan fingerprint density at radius 1 is 1.29 bits per heavy atom. The first-order valence-corrected chi connectivity index (χ1v) is 10.1. The number of thiophene rings is 1. The topological polar surface area (TPSA) is 151 Å². The Morgan fingerprint density at radius 2 is 2.00 bits per heavy atom. The van der Waals surface area contributed by atoms with Gasteiger partial charge in [-0.1, -0.05) is 0 Å². The van der Waals surface area contributed by atoms with Crippen LogP contribution in [0.2, 0.25) is 0 Å². The van der Waals surface area contributed by atoms with Crippen molar-refractivity contribution in [2.45, 2.75) is 10.8 Å². The van der Waals surface area contributed by atoms with Crippen molar-refractivity contribution in [3.8, 4) is 0 Å². The average molecular weight is 420 g/mol. The first-order valence-electron chi connectivity index (χ1n) is 7.89. The average Bonchev–Trinajstić information content (AvgIpc) is 3.32. The first-order chi connectivity index (χ1) is 13.3. The van der Waals surface area contributed by atoms with E-state index in [1.807, 2.05) is 0 Å². The fourth-order valence-corrected chi connectivity index (χ4v) is 5.05. The van der Waals surface area contributed by atoms with Gasteiger partial charge in [-0.25, -0.2) is 8.42 Å². The van der Waals surface area contributed by atoms with E-state index in [1.54, 1.807) is 24.5 Å². The van der Waals surface area contributed by atoms with E-state index in [4.69, 9.17) is 5.73 Å². The number of carbonyl (C=O) groups excluding carboxylic acids is 2. The SMILES string of the molecule is CN(Cc1ccncc1)S(=O)(=O)c1cc(C(N)=O)c(NC(=O)c2cc[nH]n2)s1. The third-order valence-corrected chi connectivity index (χ3v) is 7.06. The van der Waals surface area contributed by atoms with Gasteiger partial charge in [-0.2, -0.15) is 9.40 Å². The highest BCUT2D eigenvalue weighted by molar-refractivity contribution is 7.91. The molecule has 0 aliphatic rings. The number of carbonyl (C=O) groups is 2. The van der Waals surface area contributed by atoms with Crippen LogP contribution in [-0.2, 0) is 16.6 Å². The van der Waals surface area contributed by atoms with Gasteiger partial charge in [-0.05, 0) is 29.8 Å². The van der Waals surface area contributed by atoms with Crippen molar-refractivity contribution in [1.82, 2.24) is 19.5 Å². The molecule has 0 unspecified atom stereocenters. The quantitative estimate of drug-likeness (QED) is 0.519. The molecule has 0 spiro atoms. The summed E-state index contributed by atoms with van der Waals surface area (Å²) in [5.74, 6) is -1.45. The Hall–Kier alpha value is -3.09. The molecule has 0 fully saturated rings. The lowest BCUT2D eigenvalue weighted by Gasteiger charge is -2.15. The Kier molecular flexibility index (Phi) is 5.53. The minimum absolute atomic E-state index is 0.0383. The minimum Gasteiger partial charge on any atom is -0.366 e. The number of aromatic nitrogens is 3. The van der Waals surface area contributed by atoms with E-state index >= 15 is 0 Å². The van der Waals surface area contributed by atoms with Gasteiger partial charge in [-0.3, -0.25) is 19.7 Å². The van der Waals surface area contributed by atoms with E-state index in [0.29, 0.717) is 0 Å². The summed E-state index contributed by atoms with van der Waals surface area (Å²) in [6.45, 7) is 0.115. The maximum atomic E-state index is 12.9. The molecule has 0 aliphatic carbocycles. The third kappa shape index (κ3) is 4.08. The van der Waals surface area contributed by atoms with Crippen LogP contribution in [0.1, 0.15) is 26.4 Å². The van der Waals surface area contributed by atoms with Crippen molar-refractivity contribution in [3.05, 3.63) is 59.7 Å². The van der Waals surface area contributed by atoms with Gasteiger partial charge < -0.3 is 11.1 Å². The molecule has 0 bridgehead atoms. The molecular weight excluding hydrogens is 404 g/mol. The van der Waals surface area contributed by atoms with Crippen LogP contribution < -0.4 is 11.1 Å². The zero-order valence-corrected chi connectivity index (χ0v) is 16.3. The lowest BCUT2D eigenvalue weighted by atomic mass is 10.3. The molecule has 0 aliphatic heterocycles. The highest BCUT2D eigenvalue weighted by Gasteiger charge is 2.27. The number of aromatic amines is 1. The van der Waals surface area contributed by atoms with E-state index in [-0.39, 0.29) is 27.0 Å². The second-order valence-corrected chi connectivity index (χ2v) is 9.03. The first kappa shape index (κ1) is 19.7. The molecule has 2 amide bonds. The summed E-state index contributed by atoms with van der Waals surface area (Å²) in [6.07, 6.45) is 4.59. The van der Waals surface area contributed by atoms with Crippen LogP contribution in [0.5, 0.6) is 0 Å². The van der Waals surface area contributed by atoms with Crippen LogP contribution in [0, 0.1) is 0 Å². The maximum absolute atomic E-state index is 12.9. The van der Waals surface area contributed by atoms with Crippen LogP contribution in [0.25, 0.3) is 0 Å². The summed E-state index contributed by atoms with van der Waals surface area (Å²) in [4.78, 5) is 27.8. The molecule has 146 valence electrons. The van der Waals surface area contributed by atoms with Gasteiger partial charge in [0.2, 0.25) is 0 Å². The van der Waals surface area contributed by atoms with Crippen LogP contribution >= 0.6 is 11.3 Å². The van der Waals surface area contributed by atoms with Crippen molar-refractivity contribution >= 4 is 38.2 Å². The number of nitrogens with zero attached hydrogens (tertiary/aromatic N) is 3. The number of sulfonamides is 1. The molecular formula is C16H16N6O4S2. The fraction of sp³-hybridized carbons (Fsp3) is 0.125. The van der Waals surface area contributed by atoms with Crippen LogP contribution in [0.15, 0.2) is 47.1 Å². The predicted octanol–water partition coefficient (Wildman–Crippen LogP) is 1.04. The second kappa shape index (κ2) is 7.88. The number of anilines is 1. The standard InChI is InChI=1S/C16H16N6O4S2/c1-22(9-10-2-5-18-6-3-10)28(25,26)13-8-11(14(17)23)16(27-13)20-15(24)12-4-7-19-21-12/h2-8H,9H2,1H3,(H2,17,23)(H,19,21)(H,20,24). The van der Waals surface area contributed by atoms with Crippen molar-refractivity contribution in [1.29, 1.82) is 0 Å². The summed E-state index contributed by atoms with van der Waals surface area (Å²) < 4.78 is 26.8. The van der Waals surface area contributed by atoms with Gasteiger partial charge in [0.1, 0.15) is 14.9 Å². The highest BCUT2D eigenvalue weighted by atomic mass is 32.2. The molecule has 3 aromatic rings. The number of H-pyrrole nitrogens is 1. The third-order valence-electron chi connectivity index (χ3n) is 3.75. The summed E-state index contributed by atoms with van der Waals surface area (Å²) in [5, 5.41) is 8.75. The number of nitrogens with one attached hydrogen (secondary N) is 2. The molecule has 0 radical (unpaired) electrons. The van der Waals surface area contributed by atoms with Gasteiger partial charge in [0.15, 0.2) is 0 Å². The molecule has 0 saturated heterocycles. The molecule has 4 N–H and O–H groups in total. The van der Waals surface area contributed by atoms with E-state index < -0.39 is 21.8 Å². The van der Waals surface area contributed by atoms with Gasteiger partial charge in [-0.15, -0.1) is 11.3 Å². The lowest BCUT2D eigenvalue weighted by Crippen LogP contribution is -2.25. The van der Waals surface area contributed by atoms with Gasteiger partial charge in [0, 0.05) is 32.2 Å². The molecule has 3 heterocycles. The van der Waals surface area contributed by atoms with Crippen molar-refractivity contribution in [2.75, 3.05) is 12.4 Å². The molecule has 28 heavy (non-hydrogen) atoms. The second-order valence-electron chi connectivity index (χ2n) is 5.70. The number of pyridine rings is 1. The Labute approximate surface area is 164 Å². The van der Waals surface area contributed by atoms with Crippen LogP contribution in [-0.4, -0.2) is 46.8 Å². The highest BCUT2D eigenvalue weighted by Crippen LogP contribution is 2.33. The Bertz CT molecular complexity index is 1090. The van der Waals surface area contributed by atoms with E-state index in [0.717, 1.165) is 27.3 Å². The molecule has 0 atom stereocenters. The maximum Gasteiger partial charge on any atom is 0.276 e. The summed E-state index contributed by atoms with van der Waals surface area (Å²) in [5.41, 5.74) is 6.09. The van der Waals surface area contributed by atoms with Crippen LogP contribution in [0.3, 0.4) is 0 Å². The fourth-order valence-electron chi connectivity index (χ4n) is 2.31. The van der Waals surface area contributed by atoms with Crippen molar-refractivity contribution < 1.29 is 18.0 Å². The van der Waals surface area contributed by atoms with Gasteiger partial charge in [0.05, 0.1) is 5.56 Å². The minimum atomic E-state index is -3.91. The number of hydrogen-bond acceptors (Lipinski definition) is 7. The van der Waals surface area contributed by atoms with Crippen LogP contribution in [0.4, 0.5) is 5.00 Å². The number of hydrogen-bond donors (Lipinski definition) is 3. The number of amides is 2. The van der Waals surface area contributed by atoms with E-state index in [9.17, 15) is 18.0 Å². The largest absolute Gasteiger partial charge is 0.366 e. The zero-order valence-electron chi connectivity index (χ0n) is 14.6. The Morgan fingerprint density at radius 3 is 2.61 bits per heavy atom. The normalized spacial score (nSPS) is 11.5. The smallest absolute Gasteiger partial charge is 0.276 e. The van der Waals surface area contributed by atoms with E-state index in [2.05, 4.69) is 20.5 Å². The monoisotopic (exact) mass is 420 g/mol.